The monoisotopic (exact) mass is 452 g/mol. The van der Waals surface area contributed by atoms with Gasteiger partial charge in [0.15, 0.2) is 0 Å². The highest BCUT2D eigenvalue weighted by atomic mass is 35.5. The summed E-state index contributed by atoms with van der Waals surface area (Å²) in [6, 6.07) is 9.19. The van der Waals surface area contributed by atoms with Crippen LogP contribution in [0.3, 0.4) is 0 Å². The van der Waals surface area contributed by atoms with E-state index >= 15 is 0 Å². The van der Waals surface area contributed by atoms with Gasteiger partial charge in [-0.2, -0.15) is 13.2 Å². The lowest BCUT2D eigenvalue weighted by Gasteiger charge is -2.34. The third kappa shape index (κ3) is 4.83. The maximum Gasteiger partial charge on any atom is 0.416 e. The summed E-state index contributed by atoms with van der Waals surface area (Å²) in [5.74, 6) is -0.250. The molecule has 1 fully saturated rings. The molecule has 0 bridgehead atoms. The van der Waals surface area contributed by atoms with Crippen LogP contribution >= 0.6 is 11.6 Å². The maximum atomic E-state index is 12.9. The second kappa shape index (κ2) is 8.71. The van der Waals surface area contributed by atoms with Gasteiger partial charge in [0.25, 0.3) is 0 Å². The number of aliphatic hydroxyl groups excluding tert-OH is 1. The van der Waals surface area contributed by atoms with Crippen molar-refractivity contribution >= 4 is 28.9 Å². The molecule has 4 nitrogen and oxygen atoms in total. The second-order valence-electron chi connectivity index (χ2n) is 8.25. The first kappa shape index (κ1) is 22.0. The molecule has 0 spiro atoms. The summed E-state index contributed by atoms with van der Waals surface area (Å²) in [4.78, 5) is 14.8. The van der Waals surface area contributed by atoms with Gasteiger partial charge < -0.3 is 15.3 Å². The lowest BCUT2D eigenvalue weighted by Crippen LogP contribution is -2.38. The van der Waals surface area contributed by atoms with Crippen molar-refractivity contribution in [2.45, 2.75) is 44.4 Å². The Morgan fingerprint density at radius 1 is 1.13 bits per heavy atom. The van der Waals surface area contributed by atoms with Gasteiger partial charge in [-0.1, -0.05) is 23.7 Å². The van der Waals surface area contributed by atoms with Crippen LogP contribution in [0.15, 0.2) is 36.4 Å². The predicted molar refractivity (Wildman–Crippen MR) is 114 cm³/mol. The molecule has 8 heteroatoms. The number of alkyl halides is 3. The minimum absolute atomic E-state index is 0.0622. The fraction of sp³-hybridized carbons (Fsp3) is 0.435. The van der Waals surface area contributed by atoms with Crippen LogP contribution in [0.4, 0.5) is 24.5 Å². The van der Waals surface area contributed by atoms with E-state index in [2.05, 4.69) is 5.32 Å². The summed E-state index contributed by atoms with van der Waals surface area (Å²) in [6.07, 6.45) is -1.58. The normalized spacial score (nSPS) is 19.8. The first-order valence-electron chi connectivity index (χ1n) is 10.4. The molecule has 0 aromatic heterocycles. The van der Waals surface area contributed by atoms with Crippen molar-refractivity contribution in [1.29, 1.82) is 0 Å². The summed E-state index contributed by atoms with van der Waals surface area (Å²) < 4.78 is 38.6. The number of nitrogens with zero attached hydrogens (tertiary/aromatic N) is 1. The molecule has 0 unspecified atom stereocenters. The quantitative estimate of drug-likeness (QED) is 0.684. The Labute approximate surface area is 184 Å². The number of hydrogen-bond acceptors (Lipinski definition) is 3. The van der Waals surface area contributed by atoms with Gasteiger partial charge in [-0.05, 0) is 61.1 Å². The third-order valence-electron chi connectivity index (χ3n) is 6.20. The lowest BCUT2D eigenvalue weighted by atomic mass is 9.88. The van der Waals surface area contributed by atoms with E-state index in [9.17, 15) is 23.1 Å². The molecule has 0 saturated carbocycles. The van der Waals surface area contributed by atoms with Crippen LogP contribution in [0.25, 0.3) is 0 Å². The molecule has 1 aliphatic heterocycles. The zero-order valence-corrected chi connectivity index (χ0v) is 17.6. The van der Waals surface area contributed by atoms with E-state index in [1.807, 2.05) is 23.1 Å². The number of halogens is 4. The molecule has 2 aromatic carbocycles. The number of hydrogen-bond donors (Lipinski definition) is 2. The number of anilines is 2. The van der Waals surface area contributed by atoms with Gasteiger partial charge >= 0.3 is 6.18 Å². The van der Waals surface area contributed by atoms with E-state index in [1.165, 1.54) is 6.07 Å². The molecule has 0 radical (unpaired) electrons. The number of carbonyl (C=O) groups is 1. The van der Waals surface area contributed by atoms with Crippen molar-refractivity contribution in [2.75, 3.05) is 23.3 Å². The number of piperidine rings is 1. The van der Waals surface area contributed by atoms with Crippen LogP contribution in [-0.2, 0) is 23.8 Å². The summed E-state index contributed by atoms with van der Waals surface area (Å²) in [7, 11) is 0. The Kier molecular flexibility index (Phi) is 6.17. The van der Waals surface area contributed by atoms with E-state index in [-0.39, 0.29) is 23.0 Å². The van der Waals surface area contributed by atoms with Crippen molar-refractivity contribution in [3.63, 3.8) is 0 Å². The molecule has 1 heterocycles. The molecule has 2 aromatic rings. The molecule has 1 aliphatic carbocycles. The minimum atomic E-state index is -4.43. The molecular weight excluding hydrogens is 429 g/mol. The molecule has 166 valence electrons. The van der Waals surface area contributed by atoms with Crippen molar-refractivity contribution in [2.24, 2.45) is 5.92 Å². The largest absolute Gasteiger partial charge is 0.416 e. The highest BCUT2D eigenvalue weighted by Crippen LogP contribution is 2.36. The van der Waals surface area contributed by atoms with Crippen LogP contribution in [0.1, 0.15) is 36.0 Å². The van der Waals surface area contributed by atoms with Crippen LogP contribution in [0.5, 0.6) is 0 Å². The van der Waals surface area contributed by atoms with Gasteiger partial charge in [0.05, 0.1) is 22.4 Å². The number of benzene rings is 2. The number of aliphatic hydroxyl groups is 1. The van der Waals surface area contributed by atoms with Gasteiger partial charge in [0.2, 0.25) is 5.91 Å². The Balaban J connectivity index is 1.39. The highest BCUT2D eigenvalue weighted by molar-refractivity contribution is 6.33. The molecular formula is C23H24ClF3N2O2. The van der Waals surface area contributed by atoms with Crippen LogP contribution < -0.4 is 10.2 Å². The number of carbonyl (C=O) groups excluding carboxylic acids is 1. The molecule has 1 saturated heterocycles. The number of rotatable bonds is 3. The summed E-state index contributed by atoms with van der Waals surface area (Å²) >= 11 is 6.11. The first-order valence-corrected chi connectivity index (χ1v) is 10.8. The standard InChI is InChI=1S/C23H24ClF3N2O2/c24-19-12-16(23(25,26)27)5-7-21(19)29-10-8-15(9-11-29)22(31)28-20-3-1-2-14-4-6-17(30)13-18(14)20/h1-3,5,7,12,15,17,30H,4,6,8-11,13H2,(H,28,31)/t17-/m1/s1. The third-order valence-corrected chi connectivity index (χ3v) is 6.50. The summed E-state index contributed by atoms with van der Waals surface area (Å²) in [5, 5.41) is 13.1. The zero-order chi connectivity index (χ0) is 22.2. The Hall–Kier alpha value is -2.25. The van der Waals surface area contributed by atoms with Crippen molar-refractivity contribution in [3.05, 3.63) is 58.1 Å². The zero-order valence-electron chi connectivity index (χ0n) is 16.9. The fourth-order valence-corrected chi connectivity index (χ4v) is 4.74. The molecule has 2 aliphatic rings. The molecule has 1 amide bonds. The van der Waals surface area contributed by atoms with E-state index in [0.29, 0.717) is 38.0 Å². The Bertz CT molecular complexity index is 972. The number of aryl methyl sites for hydroxylation is 1. The van der Waals surface area contributed by atoms with Crippen molar-refractivity contribution in [3.8, 4) is 0 Å². The predicted octanol–water partition coefficient (Wildman–Crippen LogP) is 5.06. The van der Waals surface area contributed by atoms with Gasteiger partial charge in [-0.25, -0.2) is 0 Å². The maximum absolute atomic E-state index is 12.9. The first-order chi connectivity index (χ1) is 14.7. The lowest BCUT2D eigenvalue weighted by molar-refractivity contribution is -0.137. The SMILES string of the molecule is O=C(Nc1cccc2c1C[C@H](O)CC2)C1CCN(c2ccc(C(F)(F)F)cc2Cl)CC1. The molecule has 4 rings (SSSR count). The fourth-order valence-electron chi connectivity index (χ4n) is 4.44. The van der Waals surface area contributed by atoms with E-state index < -0.39 is 11.7 Å². The average molecular weight is 453 g/mol. The van der Waals surface area contributed by atoms with Gasteiger partial charge in [0.1, 0.15) is 0 Å². The van der Waals surface area contributed by atoms with Crippen LogP contribution in [0.2, 0.25) is 5.02 Å². The topological polar surface area (TPSA) is 52.6 Å². The molecule has 1 atom stereocenters. The summed E-state index contributed by atoms with van der Waals surface area (Å²) in [6.45, 7) is 1.07. The van der Waals surface area contributed by atoms with Crippen LogP contribution in [-0.4, -0.2) is 30.2 Å². The van der Waals surface area contributed by atoms with Gasteiger partial charge in [0, 0.05) is 31.1 Å². The highest BCUT2D eigenvalue weighted by Gasteiger charge is 2.32. The van der Waals surface area contributed by atoms with Crippen LogP contribution in [0, 0.1) is 5.92 Å². The number of nitrogens with one attached hydrogen (secondary N) is 1. The van der Waals surface area contributed by atoms with Gasteiger partial charge in [-0.3, -0.25) is 4.79 Å². The van der Waals surface area contributed by atoms with E-state index in [4.69, 9.17) is 11.6 Å². The average Bonchev–Trinajstić information content (AvgIpc) is 2.73. The number of fused-ring (bicyclic) bond motifs is 1. The Morgan fingerprint density at radius 2 is 1.87 bits per heavy atom. The van der Waals surface area contributed by atoms with Crippen molar-refractivity contribution < 1.29 is 23.1 Å². The second-order valence-corrected chi connectivity index (χ2v) is 8.66. The minimum Gasteiger partial charge on any atom is -0.393 e. The molecule has 31 heavy (non-hydrogen) atoms. The smallest absolute Gasteiger partial charge is 0.393 e. The van der Waals surface area contributed by atoms with Gasteiger partial charge in [-0.15, -0.1) is 0 Å². The number of amides is 1. The molecule has 2 N–H and O–H groups in total. The summed E-state index contributed by atoms with van der Waals surface area (Å²) in [5.41, 5.74) is 2.71. The van der Waals surface area contributed by atoms with E-state index in [1.54, 1.807) is 0 Å². The Morgan fingerprint density at radius 3 is 2.55 bits per heavy atom. The van der Waals surface area contributed by atoms with Crippen molar-refractivity contribution in [1.82, 2.24) is 0 Å². The van der Waals surface area contributed by atoms with E-state index in [0.717, 1.165) is 41.8 Å².